The summed E-state index contributed by atoms with van der Waals surface area (Å²) in [4.78, 5) is 2.11. The van der Waals surface area contributed by atoms with Gasteiger partial charge in [-0.2, -0.15) is 5.26 Å². The van der Waals surface area contributed by atoms with E-state index in [-0.39, 0.29) is 5.54 Å². The Morgan fingerprint density at radius 2 is 1.89 bits per heavy atom. The summed E-state index contributed by atoms with van der Waals surface area (Å²) < 4.78 is 25.8. The second kappa shape index (κ2) is 5.55. The normalized spacial score (nSPS) is 20.5. The van der Waals surface area contributed by atoms with Crippen LogP contribution in [0.1, 0.15) is 32.6 Å². The molecule has 0 bridgehead atoms. The molecule has 0 amide bonds. The number of hydrogen-bond donors (Lipinski definition) is 0. The van der Waals surface area contributed by atoms with Gasteiger partial charge in [0.25, 0.3) is 0 Å². The lowest BCUT2D eigenvalue weighted by Crippen LogP contribution is -2.58. The monoisotopic (exact) mass is 273 g/mol. The van der Waals surface area contributed by atoms with Crippen molar-refractivity contribution in [3.8, 4) is 6.07 Å². The minimum Gasteiger partial charge on any atom is -0.302 e. The summed E-state index contributed by atoms with van der Waals surface area (Å²) >= 11 is 0. The lowest BCUT2D eigenvalue weighted by atomic mass is 9.75. The van der Waals surface area contributed by atoms with E-state index in [1.807, 2.05) is 20.2 Å². The summed E-state index contributed by atoms with van der Waals surface area (Å²) in [6.07, 6.45) is 3.51. The third-order valence-corrected chi connectivity index (χ3v) is 6.21. The Hall–Kier alpha value is -0.640. The molecular formula is C12H23N3O2S. The molecule has 18 heavy (non-hydrogen) atoms. The van der Waals surface area contributed by atoms with E-state index in [9.17, 15) is 8.42 Å². The van der Waals surface area contributed by atoms with Gasteiger partial charge in [-0.25, -0.2) is 12.7 Å². The first-order chi connectivity index (χ1) is 8.30. The minimum atomic E-state index is -3.50. The fourth-order valence-electron chi connectivity index (χ4n) is 2.42. The highest BCUT2D eigenvalue weighted by molar-refractivity contribution is 7.89. The van der Waals surface area contributed by atoms with Gasteiger partial charge >= 0.3 is 0 Å². The van der Waals surface area contributed by atoms with Gasteiger partial charge in [-0.05, 0) is 39.8 Å². The van der Waals surface area contributed by atoms with E-state index in [1.54, 1.807) is 14.0 Å². The summed E-state index contributed by atoms with van der Waals surface area (Å²) in [7, 11) is 2.06. The van der Waals surface area contributed by atoms with Crippen LogP contribution in [0.2, 0.25) is 0 Å². The van der Waals surface area contributed by atoms with Gasteiger partial charge in [0.05, 0.1) is 6.07 Å². The summed E-state index contributed by atoms with van der Waals surface area (Å²) in [5.41, 5.74) is -0.0461. The van der Waals surface area contributed by atoms with Gasteiger partial charge in [-0.1, -0.05) is 6.92 Å². The maximum absolute atomic E-state index is 12.2. The summed E-state index contributed by atoms with van der Waals surface area (Å²) in [6.45, 7) is 2.20. The van der Waals surface area contributed by atoms with Crippen LogP contribution >= 0.6 is 0 Å². The van der Waals surface area contributed by atoms with Gasteiger partial charge < -0.3 is 4.90 Å². The van der Waals surface area contributed by atoms with Crippen molar-refractivity contribution < 1.29 is 8.42 Å². The average molecular weight is 273 g/mol. The van der Waals surface area contributed by atoms with Gasteiger partial charge in [0.2, 0.25) is 10.0 Å². The fourth-order valence-corrected chi connectivity index (χ4v) is 3.83. The second-order valence-electron chi connectivity index (χ2n) is 5.30. The highest BCUT2D eigenvalue weighted by atomic mass is 32.2. The van der Waals surface area contributed by atoms with Crippen LogP contribution in [0.15, 0.2) is 0 Å². The highest BCUT2D eigenvalue weighted by Crippen LogP contribution is 2.37. The largest absolute Gasteiger partial charge is 0.302 e. The lowest BCUT2D eigenvalue weighted by Gasteiger charge is -2.49. The Balaban J connectivity index is 2.82. The molecule has 0 aromatic carbocycles. The SMILES string of the molecule is CCC(C#N)S(=O)(=O)N(C)CC1(N(C)C)CCC1. The molecule has 1 fully saturated rings. The minimum absolute atomic E-state index is 0.0461. The molecule has 0 radical (unpaired) electrons. The summed E-state index contributed by atoms with van der Waals surface area (Å²) in [5, 5.41) is 7.99. The first-order valence-electron chi connectivity index (χ1n) is 6.32. The van der Waals surface area contributed by atoms with E-state index in [0.717, 1.165) is 19.3 Å². The highest BCUT2D eigenvalue weighted by Gasteiger charge is 2.42. The number of rotatable bonds is 6. The molecule has 1 aliphatic carbocycles. The van der Waals surface area contributed by atoms with Gasteiger partial charge in [-0.15, -0.1) is 0 Å². The Labute approximate surface area is 110 Å². The molecule has 6 heteroatoms. The zero-order chi connectivity index (χ0) is 14.0. The van der Waals surface area contributed by atoms with Crippen molar-refractivity contribution in [2.75, 3.05) is 27.7 Å². The van der Waals surface area contributed by atoms with Crippen molar-refractivity contribution in [1.82, 2.24) is 9.21 Å². The van der Waals surface area contributed by atoms with E-state index in [1.165, 1.54) is 4.31 Å². The van der Waals surface area contributed by atoms with Crippen LogP contribution in [0.3, 0.4) is 0 Å². The zero-order valence-electron chi connectivity index (χ0n) is 11.7. The second-order valence-corrected chi connectivity index (χ2v) is 7.52. The molecule has 0 N–H and O–H groups in total. The standard InChI is InChI=1S/C12H23N3O2S/c1-5-11(9-13)18(16,17)15(4)10-12(14(2)3)7-6-8-12/h11H,5-8,10H2,1-4H3. The molecule has 0 aliphatic heterocycles. The number of likely N-dealkylation sites (N-methyl/N-ethyl adjacent to an activating group) is 2. The van der Waals surface area contributed by atoms with Crippen LogP contribution in [-0.2, 0) is 10.0 Å². The van der Waals surface area contributed by atoms with Crippen LogP contribution < -0.4 is 0 Å². The predicted octanol–water partition coefficient (Wildman–Crippen LogP) is 1.03. The van der Waals surface area contributed by atoms with Crippen LogP contribution in [-0.4, -0.2) is 56.1 Å². The van der Waals surface area contributed by atoms with Gasteiger partial charge in [0.1, 0.15) is 0 Å². The Kier molecular flexibility index (Phi) is 4.76. The van der Waals surface area contributed by atoms with Crippen molar-refractivity contribution in [2.45, 2.75) is 43.4 Å². The first-order valence-corrected chi connectivity index (χ1v) is 7.82. The average Bonchev–Trinajstić information content (AvgIpc) is 2.23. The predicted molar refractivity (Wildman–Crippen MR) is 71.5 cm³/mol. The smallest absolute Gasteiger partial charge is 0.230 e. The molecule has 0 heterocycles. The molecule has 0 saturated heterocycles. The molecule has 0 aromatic rings. The molecule has 1 saturated carbocycles. The van der Waals surface area contributed by atoms with Crippen LogP contribution in [0.25, 0.3) is 0 Å². The molecule has 1 aliphatic rings. The molecule has 104 valence electrons. The molecular weight excluding hydrogens is 250 g/mol. The first kappa shape index (κ1) is 15.4. The molecule has 0 aromatic heterocycles. The maximum atomic E-state index is 12.2. The number of nitriles is 1. The van der Waals surface area contributed by atoms with E-state index in [4.69, 9.17) is 5.26 Å². The number of hydrogen-bond acceptors (Lipinski definition) is 4. The van der Waals surface area contributed by atoms with E-state index >= 15 is 0 Å². The molecule has 5 nitrogen and oxygen atoms in total. The van der Waals surface area contributed by atoms with E-state index in [0.29, 0.717) is 13.0 Å². The van der Waals surface area contributed by atoms with E-state index < -0.39 is 15.3 Å². The van der Waals surface area contributed by atoms with Gasteiger partial charge in [0.15, 0.2) is 5.25 Å². The van der Waals surface area contributed by atoms with Crippen LogP contribution in [0.5, 0.6) is 0 Å². The van der Waals surface area contributed by atoms with Crippen molar-refractivity contribution in [3.05, 3.63) is 0 Å². The third kappa shape index (κ3) is 2.68. The van der Waals surface area contributed by atoms with Crippen molar-refractivity contribution in [2.24, 2.45) is 0 Å². The Morgan fingerprint density at radius 1 is 1.33 bits per heavy atom. The van der Waals surface area contributed by atoms with Gasteiger partial charge in [0, 0.05) is 19.1 Å². The molecule has 1 unspecified atom stereocenters. The van der Waals surface area contributed by atoms with Gasteiger partial charge in [-0.3, -0.25) is 0 Å². The Bertz CT molecular complexity index is 421. The van der Waals surface area contributed by atoms with Crippen molar-refractivity contribution in [1.29, 1.82) is 5.26 Å². The van der Waals surface area contributed by atoms with Crippen LogP contribution in [0.4, 0.5) is 0 Å². The molecule has 0 spiro atoms. The number of nitrogens with zero attached hydrogens (tertiary/aromatic N) is 3. The third-order valence-electron chi connectivity index (χ3n) is 4.06. The van der Waals surface area contributed by atoms with Crippen molar-refractivity contribution in [3.63, 3.8) is 0 Å². The molecule has 1 atom stereocenters. The molecule has 1 rings (SSSR count). The van der Waals surface area contributed by atoms with E-state index in [2.05, 4.69) is 4.90 Å². The number of sulfonamides is 1. The summed E-state index contributed by atoms with van der Waals surface area (Å²) in [6, 6.07) is 1.88. The van der Waals surface area contributed by atoms with Crippen LogP contribution in [0, 0.1) is 11.3 Å². The quantitative estimate of drug-likeness (QED) is 0.725. The van der Waals surface area contributed by atoms with Crippen molar-refractivity contribution >= 4 is 10.0 Å². The Morgan fingerprint density at radius 3 is 2.17 bits per heavy atom. The maximum Gasteiger partial charge on any atom is 0.230 e. The fraction of sp³-hybridized carbons (Fsp3) is 0.917. The summed E-state index contributed by atoms with van der Waals surface area (Å²) in [5.74, 6) is 0. The topological polar surface area (TPSA) is 64.4 Å². The zero-order valence-corrected chi connectivity index (χ0v) is 12.5. The lowest BCUT2D eigenvalue weighted by molar-refractivity contribution is 0.0454.